The van der Waals surface area contributed by atoms with Crippen molar-refractivity contribution in [3.05, 3.63) is 59.2 Å². The van der Waals surface area contributed by atoms with E-state index in [0.717, 1.165) is 73.7 Å². The zero-order valence-corrected chi connectivity index (χ0v) is 22.7. The molecule has 40 heavy (non-hydrogen) atoms. The lowest BCUT2D eigenvalue weighted by molar-refractivity contribution is -0.275. The van der Waals surface area contributed by atoms with Crippen LogP contribution < -0.4 is 15.4 Å². The summed E-state index contributed by atoms with van der Waals surface area (Å²) in [7, 11) is 0. The topological polar surface area (TPSA) is 85.6 Å². The quantitative estimate of drug-likeness (QED) is 0.257. The average molecular weight is 564 g/mol. The van der Waals surface area contributed by atoms with E-state index in [9.17, 15) is 22.4 Å². The van der Waals surface area contributed by atoms with Crippen molar-refractivity contribution in [3.63, 3.8) is 0 Å². The van der Waals surface area contributed by atoms with Crippen molar-refractivity contribution in [2.45, 2.75) is 52.8 Å². The Morgan fingerprint density at radius 2 is 1.88 bits per heavy atom. The largest absolute Gasteiger partial charge is 0.573 e. The fraction of sp³-hybridized carbons (Fsp3) is 0.448. The van der Waals surface area contributed by atoms with Crippen molar-refractivity contribution in [2.75, 3.05) is 30.4 Å². The van der Waals surface area contributed by atoms with Crippen molar-refractivity contribution in [2.24, 2.45) is 11.8 Å². The number of amides is 1. The number of alkyl halides is 3. The standard InChI is InChI=1S/C29H33F4N3O4/c1-17(14-21-4-7-26(23(30)15-21)39-29(31,32)33)28(37)35-25-16-22(27-18(2)36-40-19(27)3)5-6-24(25)34-11-8-20-9-12-38-13-10-20/h4-7,15-17,20,34H,8-14H2,1-3H3,(H,35,37)/t17-/m1/s1. The predicted molar refractivity (Wildman–Crippen MR) is 143 cm³/mol. The third kappa shape index (κ3) is 7.74. The molecule has 0 bridgehead atoms. The minimum Gasteiger partial charge on any atom is -0.403 e. The van der Waals surface area contributed by atoms with E-state index in [1.807, 2.05) is 32.0 Å². The Balaban J connectivity index is 1.48. The Morgan fingerprint density at radius 3 is 2.52 bits per heavy atom. The van der Waals surface area contributed by atoms with E-state index in [-0.39, 0.29) is 12.3 Å². The van der Waals surface area contributed by atoms with Crippen LogP contribution in [0.3, 0.4) is 0 Å². The number of aromatic nitrogens is 1. The molecule has 4 rings (SSSR count). The van der Waals surface area contributed by atoms with Gasteiger partial charge in [0.2, 0.25) is 5.91 Å². The number of carbonyl (C=O) groups is 1. The molecule has 1 saturated heterocycles. The number of nitrogens with one attached hydrogen (secondary N) is 2. The second-order valence-electron chi connectivity index (χ2n) is 10.1. The fourth-order valence-corrected chi connectivity index (χ4v) is 4.88. The number of benzene rings is 2. The fourth-order valence-electron chi connectivity index (χ4n) is 4.88. The number of nitrogens with zero attached hydrogens (tertiary/aromatic N) is 1. The summed E-state index contributed by atoms with van der Waals surface area (Å²) in [5.74, 6) is -1.75. The molecule has 1 aromatic heterocycles. The maximum atomic E-state index is 14.2. The number of anilines is 2. The molecule has 1 atom stereocenters. The van der Waals surface area contributed by atoms with Gasteiger partial charge in [0.25, 0.3) is 0 Å². The lowest BCUT2D eigenvalue weighted by Gasteiger charge is -2.23. The Kier molecular flexibility index (Phi) is 9.34. The molecule has 3 aromatic rings. The number of ether oxygens (including phenoxy) is 2. The molecule has 2 N–H and O–H groups in total. The molecule has 0 unspecified atom stereocenters. The SMILES string of the molecule is Cc1noc(C)c1-c1ccc(NCCC2CCOCC2)c(NC(=O)[C@H](C)Cc2ccc(OC(F)(F)F)c(F)c2)c1. The summed E-state index contributed by atoms with van der Waals surface area (Å²) in [5.41, 5.74) is 4.09. The summed E-state index contributed by atoms with van der Waals surface area (Å²) < 4.78 is 66.0. The van der Waals surface area contributed by atoms with Crippen LogP contribution in [0.15, 0.2) is 40.9 Å². The van der Waals surface area contributed by atoms with Crippen molar-refractivity contribution in [3.8, 4) is 16.9 Å². The van der Waals surface area contributed by atoms with Gasteiger partial charge in [0, 0.05) is 31.2 Å². The lowest BCUT2D eigenvalue weighted by Crippen LogP contribution is -2.23. The molecule has 7 nitrogen and oxygen atoms in total. The van der Waals surface area contributed by atoms with Crippen LogP contribution >= 0.6 is 0 Å². The molecule has 0 spiro atoms. The van der Waals surface area contributed by atoms with Crippen LogP contribution in [0.25, 0.3) is 11.1 Å². The van der Waals surface area contributed by atoms with Gasteiger partial charge in [-0.1, -0.05) is 24.2 Å². The third-order valence-electron chi connectivity index (χ3n) is 7.02. The summed E-state index contributed by atoms with van der Waals surface area (Å²) in [6.07, 6.45) is -1.86. The van der Waals surface area contributed by atoms with Gasteiger partial charge in [-0.3, -0.25) is 4.79 Å². The van der Waals surface area contributed by atoms with Gasteiger partial charge in [-0.05, 0) is 80.8 Å². The monoisotopic (exact) mass is 563 g/mol. The van der Waals surface area contributed by atoms with Crippen LogP contribution in [-0.2, 0) is 16.0 Å². The predicted octanol–water partition coefficient (Wildman–Crippen LogP) is 7.04. The normalized spacial score (nSPS) is 15.1. The minimum atomic E-state index is -5.00. The zero-order valence-electron chi connectivity index (χ0n) is 22.7. The highest BCUT2D eigenvalue weighted by Crippen LogP contribution is 2.34. The Morgan fingerprint density at radius 1 is 1.12 bits per heavy atom. The molecule has 2 aromatic carbocycles. The minimum absolute atomic E-state index is 0.116. The second kappa shape index (κ2) is 12.7. The molecule has 0 saturated carbocycles. The summed E-state index contributed by atoms with van der Waals surface area (Å²) >= 11 is 0. The second-order valence-corrected chi connectivity index (χ2v) is 10.1. The molecule has 216 valence electrons. The van der Waals surface area contributed by atoms with Gasteiger partial charge in [0.1, 0.15) is 5.76 Å². The Hall–Kier alpha value is -3.60. The van der Waals surface area contributed by atoms with Crippen molar-refractivity contribution in [1.82, 2.24) is 5.16 Å². The molecule has 11 heteroatoms. The van der Waals surface area contributed by atoms with Crippen LogP contribution in [-0.4, -0.2) is 37.2 Å². The Labute approximate surface area is 230 Å². The first-order valence-corrected chi connectivity index (χ1v) is 13.2. The Bertz CT molecular complexity index is 1300. The molecular formula is C29H33F4N3O4. The van der Waals surface area contributed by atoms with E-state index in [1.165, 1.54) is 6.07 Å². The van der Waals surface area contributed by atoms with Crippen molar-refractivity contribution < 1.29 is 36.4 Å². The molecule has 1 aliphatic rings. The van der Waals surface area contributed by atoms with Crippen LogP contribution in [0.2, 0.25) is 0 Å². The van der Waals surface area contributed by atoms with Gasteiger partial charge in [-0.25, -0.2) is 4.39 Å². The van der Waals surface area contributed by atoms with E-state index in [2.05, 4.69) is 20.5 Å². The van der Waals surface area contributed by atoms with Crippen LogP contribution in [0.4, 0.5) is 28.9 Å². The summed E-state index contributed by atoms with van der Waals surface area (Å²) in [5, 5.41) is 10.4. The number of carbonyl (C=O) groups excluding carboxylic acids is 1. The average Bonchev–Trinajstić information content (AvgIpc) is 3.24. The summed E-state index contributed by atoms with van der Waals surface area (Å²) in [6.45, 7) is 7.61. The van der Waals surface area contributed by atoms with Gasteiger partial charge in [-0.15, -0.1) is 13.2 Å². The molecule has 1 aliphatic heterocycles. The first-order chi connectivity index (χ1) is 19.0. The third-order valence-corrected chi connectivity index (χ3v) is 7.02. The van der Waals surface area contributed by atoms with Gasteiger partial charge < -0.3 is 24.6 Å². The molecule has 1 fully saturated rings. The zero-order chi connectivity index (χ0) is 28.9. The van der Waals surface area contributed by atoms with E-state index >= 15 is 0 Å². The van der Waals surface area contributed by atoms with Crippen molar-refractivity contribution >= 4 is 17.3 Å². The number of hydrogen-bond acceptors (Lipinski definition) is 6. The van der Waals surface area contributed by atoms with Gasteiger partial charge in [0.15, 0.2) is 11.6 Å². The van der Waals surface area contributed by atoms with E-state index in [0.29, 0.717) is 22.9 Å². The van der Waals surface area contributed by atoms with Crippen molar-refractivity contribution in [1.29, 1.82) is 0 Å². The van der Waals surface area contributed by atoms with E-state index in [1.54, 1.807) is 6.92 Å². The first kappa shape index (κ1) is 29.4. The van der Waals surface area contributed by atoms with Gasteiger partial charge in [0.05, 0.1) is 17.1 Å². The first-order valence-electron chi connectivity index (χ1n) is 13.2. The smallest absolute Gasteiger partial charge is 0.403 e. The van der Waals surface area contributed by atoms with Crippen LogP contribution in [0, 0.1) is 31.5 Å². The van der Waals surface area contributed by atoms with Gasteiger partial charge >= 0.3 is 6.36 Å². The number of aryl methyl sites for hydroxylation is 2. The van der Waals surface area contributed by atoms with Crippen LogP contribution in [0.5, 0.6) is 5.75 Å². The number of halogens is 4. The van der Waals surface area contributed by atoms with Gasteiger partial charge in [-0.2, -0.15) is 0 Å². The molecular weight excluding hydrogens is 530 g/mol. The maximum absolute atomic E-state index is 14.2. The highest BCUT2D eigenvalue weighted by Gasteiger charge is 2.32. The molecule has 0 radical (unpaired) electrons. The molecule has 2 heterocycles. The number of hydrogen-bond donors (Lipinski definition) is 2. The number of rotatable bonds is 10. The summed E-state index contributed by atoms with van der Waals surface area (Å²) in [4.78, 5) is 13.2. The molecule has 1 amide bonds. The highest BCUT2D eigenvalue weighted by atomic mass is 19.4. The summed E-state index contributed by atoms with van der Waals surface area (Å²) in [6, 6.07) is 8.88. The lowest BCUT2D eigenvalue weighted by atomic mass is 9.96. The maximum Gasteiger partial charge on any atom is 0.573 e. The van der Waals surface area contributed by atoms with E-state index in [4.69, 9.17) is 9.26 Å². The highest BCUT2D eigenvalue weighted by molar-refractivity contribution is 5.97. The van der Waals surface area contributed by atoms with E-state index < -0.39 is 23.8 Å². The molecule has 0 aliphatic carbocycles. The van der Waals surface area contributed by atoms with Crippen LogP contribution in [0.1, 0.15) is 43.2 Å².